The van der Waals surface area contributed by atoms with E-state index in [1.165, 1.54) is 93.9 Å². The molecule has 2 spiro atoms. The number of fused-ring (bicyclic) bond motifs is 2. The van der Waals surface area contributed by atoms with E-state index < -0.39 is 0 Å². The van der Waals surface area contributed by atoms with Crippen molar-refractivity contribution in [2.45, 2.75) is 81.5 Å². The van der Waals surface area contributed by atoms with Gasteiger partial charge in [0.25, 0.3) is 0 Å². The third-order valence-corrected chi connectivity index (χ3v) is 11.8. The van der Waals surface area contributed by atoms with Crippen molar-refractivity contribution in [3.8, 4) is 0 Å². The first-order chi connectivity index (χ1) is 18.0. The monoisotopic (exact) mass is 495 g/mol. The van der Waals surface area contributed by atoms with Crippen LogP contribution in [0.3, 0.4) is 0 Å². The van der Waals surface area contributed by atoms with E-state index in [9.17, 15) is 0 Å². The fraction of sp³-hybridized carbons (Fsp3) is 0.606. The van der Waals surface area contributed by atoms with Crippen molar-refractivity contribution in [3.63, 3.8) is 0 Å². The van der Waals surface area contributed by atoms with Crippen molar-refractivity contribution < 1.29 is 4.74 Å². The van der Waals surface area contributed by atoms with E-state index in [0.29, 0.717) is 17.9 Å². The average molecular weight is 496 g/mol. The summed E-state index contributed by atoms with van der Waals surface area (Å²) in [5, 5.41) is 2.57. The summed E-state index contributed by atoms with van der Waals surface area (Å²) in [5.74, 6) is 1.19. The Labute approximate surface area is 221 Å². The smallest absolute Gasteiger partial charge is 0.0974 e. The maximum Gasteiger partial charge on any atom is 0.0974 e. The zero-order chi connectivity index (χ0) is 24.8. The number of hydrogen-bond acceptors (Lipinski definition) is 4. The van der Waals surface area contributed by atoms with Crippen LogP contribution < -0.4 is 0 Å². The van der Waals surface area contributed by atoms with Crippen LogP contribution in [-0.2, 0) is 4.74 Å². The van der Waals surface area contributed by atoms with Crippen LogP contribution in [0.5, 0.6) is 0 Å². The van der Waals surface area contributed by atoms with Crippen molar-refractivity contribution in [1.82, 2.24) is 14.8 Å². The van der Waals surface area contributed by atoms with Crippen LogP contribution in [0.15, 0.2) is 60.0 Å². The highest BCUT2D eigenvalue weighted by molar-refractivity contribution is 5.82. The van der Waals surface area contributed by atoms with Gasteiger partial charge >= 0.3 is 0 Å². The van der Waals surface area contributed by atoms with Crippen LogP contribution >= 0.6 is 0 Å². The van der Waals surface area contributed by atoms with E-state index in [1.807, 2.05) is 12.4 Å². The average Bonchev–Trinajstić information content (AvgIpc) is 3.43. The molecule has 194 valence electrons. The number of likely N-dealkylation sites (N-methyl/N-ethyl adjacent to an activating group) is 1. The van der Waals surface area contributed by atoms with Crippen LogP contribution in [0.1, 0.15) is 69.8 Å². The normalized spacial score (nSPS) is 41.6. The molecule has 0 radical (unpaired) electrons. The summed E-state index contributed by atoms with van der Waals surface area (Å²) in [7, 11) is 2.26. The molecule has 37 heavy (non-hydrogen) atoms. The molecule has 4 nitrogen and oxygen atoms in total. The van der Waals surface area contributed by atoms with Crippen molar-refractivity contribution in [2.24, 2.45) is 11.3 Å². The molecule has 6 atom stereocenters. The topological polar surface area (TPSA) is 28.6 Å². The van der Waals surface area contributed by atoms with E-state index in [-0.39, 0.29) is 16.6 Å². The Morgan fingerprint density at radius 1 is 1.00 bits per heavy atom. The van der Waals surface area contributed by atoms with Crippen molar-refractivity contribution >= 4 is 10.8 Å². The second-order valence-electron chi connectivity index (χ2n) is 13.4. The molecule has 2 bridgehead atoms. The van der Waals surface area contributed by atoms with Gasteiger partial charge in [0.1, 0.15) is 0 Å². The van der Waals surface area contributed by atoms with Crippen molar-refractivity contribution in [2.75, 3.05) is 33.2 Å². The van der Waals surface area contributed by atoms with Gasteiger partial charge in [-0.15, -0.1) is 0 Å². The molecule has 2 saturated heterocycles. The number of allylic oxidation sites excluding steroid dienone is 1. The summed E-state index contributed by atoms with van der Waals surface area (Å²) < 4.78 is 7.57. The molecule has 1 aromatic heterocycles. The summed E-state index contributed by atoms with van der Waals surface area (Å²) in [4.78, 5) is 9.67. The lowest BCUT2D eigenvalue weighted by Gasteiger charge is -2.55. The van der Waals surface area contributed by atoms with Gasteiger partial charge in [0, 0.05) is 50.0 Å². The van der Waals surface area contributed by atoms with Crippen LogP contribution in [0.4, 0.5) is 0 Å². The van der Waals surface area contributed by atoms with Crippen LogP contribution in [0.2, 0.25) is 0 Å². The molecule has 4 heteroatoms. The lowest BCUT2D eigenvalue weighted by atomic mass is 9.58. The number of rotatable bonds is 2. The zero-order valence-electron chi connectivity index (χ0n) is 22.6. The van der Waals surface area contributed by atoms with Gasteiger partial charge in [0.05, 0.1) is 11.2 Å². The number of ether oxygens (including phenoxy) is 1. The number of benzene rings is 1. The van der Waals surface area contributed by atoms with Gasteiger partial charge < -0.3 is 9.64 Å². The van der Waals surface area contributed by atoms with Gasteiger partial charge in [-0.25, -0.2) is 0 Å². The predicted molar refractivity (Wildman–Crippen MR) is 149 cm³/mol. The summed E-state index contributed by atoms with van der Waals surface area (Å²) >= 11 is 0. The van der Waals surface area contributed by atoms with Crippen molar-refractivity contribution in [3.05, 3.63) is 65.5 Å². The van der Waals surface area contributed by atoms with Gasteiger partial charge in [-0.2, -0.15) is 0 Å². The summed E-state index contributed by atoms with van der Waals surface area (Å²) in [6.07, 6.45) is 19.1. The second-order valence-corrected chi connectivity index (χ2v) is 13.4. The van der Waals surface area contributed by atoms with E-state index in [0.717, 1.165) is 0 Å². The molecule has 1 aromatic carbocycles. The molecule has 4 fully saturated rings. The maximum atomic E-state index is 7.57. The van der Waals surface area contributed by atoms with Crippen molar-refractivity contribution in [1.29, 1.82) is 0 Å². The number of hydrogen-bond donors (Lipinski definition) is 0. The molecule has 1 unspecified atom stereocenters. The Morgan fingerprint density at radius 3 is 2.78 bits per heavy atom. The fourth-order valence-electron chi connectivity index (χ4n) is 9.75. The standard InChI is InChI=1S/C33H41N3O/c1-31-11-9-27-20-26-5-6-28(36-17-15-35(2)16-18-36)21-32(26)12-13-33(27,37-32)30(31)8-7-29(31)24-4-3-23-10-14-34-22-25(23)19-24/h3-4,9-10,14,19-20,22,28-30H,5-8,11-13,15-18,21H2,1-2H3/t28?,29-,30-,31-,32-,33-/m1/s1. The summed E-state index contributed by atoms with van der Waals surface area (Å²) in [6.45, 7) is 7.44. The molecule has 8 rings (SSSR count). The number of nitrogens with zero attached hydrogens (tertiary/aromatic N) is 3. The minimum atomic E-state index is -0.0618. The highest BCUT2D eigenvalue weighted by atomic mass is 16.5. The van der Waals surface area contributed by atoms with Gasteiger partial charge in [-0.3, -0.25) is 9.88 Å². The molecule has 3 aliphatic carbocycles. The van der Waals surface area contributed by atoms with E-state index >= 15 is 0 Å². The van der Waals surface area contributed by atoms with Crippen LogP contribution in [0.25, 0.3) is 10.8 Å². The number of pyridine rings is 1. The molecule has 3 aliphatic heterocycles. The Morgan fingerprint density at radius 2 is 1.89 bits per heavy atom. The Hall–Kier alpha value is -2.01. The highest BCUT2D eigenvalue weighted by Gasteiger charge is 2.66. The fourth-order valence-corrected chi connectivity index (χ4v) is 9.75. The molecule has 0 amide bonds. The molecule has 2 aromatic rings. The third kappa shape index (κ3) is 3.22. The quantitative estimate of drug-likeness (QED) is 0.504. The Kier molecular flexibility index (Phi) is 4.96. The first kappa shape index (κ1) is 22.9. The first-order valence-corrected chi connectivity index (χ1v) is 14.9. The maximum absolute atomic E-state index is 7.57. The molecule has 6 aliphatic rings. The zero-order valence-corrected chi connectivity index (χ0v) is 22.6. The molecular formula is C33H41N3O. The SMILES string of the molecule is CN1CCN(C2CCC3=CC4=CC[C@]5(C)[C@@H](c6ccc7ccncc7c6)CC[C@H]5[C@@]45CC[C@]3(C2)O5)CC1. The predicted octanol–water partition coefficient (Wildman–Crippen LogP) is 6.09. The molecular weight excluding hydrogens is 454 g/mol. The lowest BCUT2D eigenvalue weighted by Crippen LogP contribution is -2.57. The largest absolute Gasteiger partial charge is 0.359 e. The lowest BCUT2D eigenvalue weighted by molar-refractivity contribution is -0.141. The first-order valence-electron chi connectivity index (χ1n) is 14.9. The molecule has 0 N–H and O–H groups in total. The molecule has 4 heterocycles. The van der Waals surface area contributed by atoms with Crippen LogP contribution in [-0.4, -0.2) is 65.3 Å². The minimum Gasteiger partial charge on any atom is -0.359 e. The van der Waals surface area contributed by atoms with E-state index in [2.05, 4.69) is 65.2 Å². The highest BCUT2D eigenvalue weighted by Crippen LogP contribution is 2.69. The van der Waals surface area contributed by atoms with Gasteiger partial charge in [-0.05, 0) is 110 Å². The third-order valence-electron chi connectivity index (χ3n) is 11.8. The minimum absolute atomic E-state index is 0.00540. The second kappa shape index (κ2) is 8.00. The molecule has 2 saturated carbocycles. The number of piperazine rings is 1. The Bertz CT molecular complexity index is 1310. The summed E-state index contributed by atoms with van der Waals surface area (Å²) in [6, 6.07) is 9.95. The van der Waals surface area contributed by atoms with E-state index in [1.54, 1.807) is 11.1 Å². The van der Waals surface area contributed by atoms with Gasteiger partial charge in [-0.1, -0.05) is 31.2 Å². The van der Waals surface area contributed by atoms with Crippen LogP contribution in [0, 0.1) is 11.3 Å². The Balaban J connectivity index is 1.12. The summed E-state index contributed by atoms with van der Waals surface area (Å²) in [5.41, 5.74) is 4.85. The van der Waals surface area contributed by atoms with E-state index in [4.69, 9.17) is 4.74 Å². The van der Waals surface area contributed by atoms with Gasteiger partial charge in [0.2, 0.25) is 0 Å². The number of aromatic nitrogens is 1. The van der Waals surface area contributed by atoms with Gasteiger partial charge in [0.15, 0.2) is 0 Å².